The van der Waals surface area contributed by atoms with E-state index in [1.54, 1.807) is 14.2 Å². The van der Waals surface area contributed by atoms with Gasteiger partial charge in [0.1, 0.15) is 5.75 Å². The molecule has 0 radical (unpaired) electrons. The van der Waals surface area contributed by atoms with Gasteiger partial charge < -0.3 is 19.3 Å². The van der Waals surface area contributed by atoms with Crippen LogP contribution in [0.4, 0.5) is 5.69 Å². The van der Waals surface area contributed by atoms with Gasteiger partial charge in [-0.1, -0.05) is 6.07 Å². The Balaban J connectivity index is 2.14. The number of hydrogen-bond donors (Lipinski definition) is 0. The minimum atomic E-state index is 0.253. The van der Waals surface area contributed by atoms with Gasteiger partial charge >= 0.3 is 0 Å². The summed E-state index contributed by atoms with van der Waals surface area (Å²) in [6.45, 7) is 3.98. The molecular formula is C14H22N2O2. The van der Waals surface area contributed by atoms with Crippen molar-refractivity contribution in [2.24, 2.45) is 0 Å². The summed E-state index contributed by atoms with van der Waals surface area (Å²) >= 11 is 0. The van der Waals surface area contributed by atoms with Crippen LogP contribution in [0.3, 0.4) is 0 Å². The van der Waals surface area contributed by atoms with Crippen LogP contribution in [0.2, 0.25) is 0 Å². The molecule has 0 bridgehead atoms. The molecule has 0 spiro atoms. The molecule has 0 saturated carbocycles. The third-order valence-corrected chi connectivity index (χ3v) is 3.44. The lowest BCUT2D eigenvalue weighted by atomic mass is 10.2. The molecule has 4 nitrogen and oxygen atoms in total. The molecule has 1 fully saturated rings. The summed E-state index contributed by atoms with van der Waals surface area (Å²) in [4.78, 5) is 4.68. The second kappa shape index (κ2) is 6.07. The Kier molecular flexibility index (Phi) is 4.44. The average Bonchev–Trinajstić information content (AvgIpc) is 2.60. The van der Waals surface area contributed by atoms with Crippen LogP contribution in [0.15, 0.2) is 24.3 Å². The van der Waals surface area contributed by atoms with E-state index >= 15 is 0 Å². The largest absolute Gasteiger partial charge is 0.497 e. The fraction of sp³-hybridized carbons (Fsp3) is 0.571. The molecule has 1 aromatic rings. The Morgan fingerprint density at radius 1 is 1.17 bits per heavy atom. The molecule has 100 valence electrons. The number of benzene rings is 1. The van der Waals surface area contributed by atoms with E-state index in [0.717, 1.165) is 31.9 Å². The molecule has 1 heterocycles. The van der Waals surface area contributed by atoms with Crippen molar-refractivity contribution in [3.8, 4) is 5.75 Å². The molecule has 1 saturated heterocycles. The molecular weight excluding hydrogens is 228 g/mol. The van der Waals surface area contributed by atoms with E-state index in [4.69, 9.17) is 9.47 Å². The van der Waals surface area contributed by atoms with Crippen molar-refractivity contribution >= 4 is 5.69 Å². The predicted molar refractivity (Wildman–Crippen MR) is 73.5 cm³/mol. The molecule has 0 N–H and O–H groups in total. The van der Waals surface area contributed by atoms with E-state index in [-0.39, 0.29) is 6.10 Å². The van der Waals surface area contributed by atoms with Gasteiger partial charge in [0, 0.05) is 45.0 Å². The Bertz CT molecular complexity index is 384. The number of nitrogens with zero attached hydrogens (tertiary/aromatic N) is 2. The highest BCUT2D eigenvalue weighted by molar-refractivity contribution is 5.51. The van der Waals surface area contributed by atoms with Crippen molar-refractivity contribution in [3.05, 3.63) is 24.3 Å². The molecule has 1 atom stereocenters. The molecule has 1 aromatic carbocycles. The lowest BCUT2D eigenvalue weighted by Crippen LogP contribution is -2.34. The lowest BCUT2D eigenvalue weighted by molar-refractivity contribution is 0.0868. The molecule has 1 aliphatic rings. The highest BCUT2D eigenvalue weighted by Gasteiger charge is 2.20. The summed E-state index contributed by atoms with van der Waals surface area (Å²) < 4.78 is 10.8. The van der Waals surface area contributed by atoms with Crippen LogP contribution in [-0.4, -0.2) is 58.5 Å². The number of hydrogen-bond acceptors (Lipinski definition) is 4. The fourth-order valence-corrected chi connectivity index (χ4v) is 2.32. The number of rotatable bonds is 3. The zero-order valence-corrected chi connectivity index (χ0v) is 11.4. The van der Waals surface area contributed by atoms with Crippen LogP contribution in [0.25, 0.3) is 0 Å². The van der Waals surface area contributed by atoms with Crippen LogP contribution in [0.5, 0.6) is 5.75 Å². The molecule has 2 rings (SSSR count). The summed E-state index contributed by atoms with van der Waals surface area (Å²) in [6, 6.07) is 8.21. The van der Waals surface area contributed by atoms with E-state index in [2.05, 4.69) is 29.0 Å². The summed E-state index contributed by atoms with van der Waals surface area (Å²) in [7, 11) is 5.63. The number of methoxy groups -OCH3 is 2. The zero-order valence-electron chi connectivity index (χ0n) is 11.4. The van der Waals surface area contributed by atoms with Crippen molar-refractivity contribution in [3.63, 3.8) is 0 Å². The molecule has 18 heavy (non-hydrogen) atoms. The van der Waals surface area contributed by atoms with Crippen molar-refractivity contribution in [2.75, 3.05) is 52.3 Å². The standard InChI is InChI=1S/C14H22N2O2/c1-15-7-8-16(11-14(10-15)18-3)12-5-4-6-13(9-12)17-2/h4-6,9,14H,7-8,10-11H2,1-3H3. The topological polar surface area (TPSA) is 24.9 Å². The van der Waals surface area contributed by atoms with Crippen LogP contribution in [-0.2, 0) is 4.74 Å². The van der Waals surface area contributed by atoms with E-state index in [1.165, 1.54) is 5.69 Å². The first-order valence-corrected chi connectivity index (χ1v) is 6.33. The Morgan fingerprint density at radius 2 is 2.00 bits per heavy atom. The monoisotopic (exact) mass is 250 g/mol. The summed E-state index contributed by atoms with van der Waals surface area (Å²) in [6.07, 6.45) is 0.253. The maximum atomic E-state index is 5.54. The van der Waals surface area contributed by atoms with Gasteiger partial charge in [-0.3, -0.25) is 0 Å². The smallest absolute Gasteiger partial charge is 0.120 e. The molecule has 1 aliphatic heterocycles. The van der Waals surface area contributed by atoms with Gasteiger partial charge in [0.2, 0.25) is 0 Å². The highest BCUT2D eigenvalue weighted by Crippen LogP contribution is 2.22. The summed E-state index contributed by atoms with van der Waals surface area (Å²) in [5.74, 6) is 0.902. The third kappa shape index (κ3) is 3.15. The normalized spacial score (nSPS) is 21.7. The van der Waals surface area contributed by atoms with Gasteiger partial charge in [-0.25, -0.2) is 0 Å². The minimum absolute atomic E-state index is 0.253. The second-order valence-electron chi connectivity index (χ2n) is 4.77. The van der Waals surface area contributed by atoms with Crippen LogP contribution in [0.1, 0.15) is 0 Å². The fourth-order valence-electron chi connectivity index (χ4n) is 2.32. The second-order valence-corrected chi connectivity index (χ2v) is 4.77. The summed E-state index contributed by atoms with van der Waals surface area (Å²) in [5.41, 5.74) is 1.20. The van der Waals surface area contributed by atoms with Crippen molar-refractivity contribution in [1.82, 2.24) is 4.90 Å². The van der Waals surface area contributed by atoms with E-state index in [0.29, 0.717) is 0 Å². The van der Waals surface area contributed by atoms with Gasteiger partial charge in [-0.15, -0.1) is 0 Å². The van der Waals surface area contributed by atoms with Crippen molar-refractivity contribution < 1.29 is 9.47 Å². The molecule has 0 aromatic heterocycles. The Hall–Kier alpha value is -1.26. The van der Waals surface area contributed by atoms with Crippen molar-refractivity contribution in [1.29, 1.82) is 0 Å². The van der Waals surface area contributed by atoms with Crippen LogP contribution in [0, 0.1) is 0 Å². The predicted octanol–water partition coefficient (Wildman–Crippen LogP) is 1.46. The first kappa shape index (κ1) is 13.2. The molecule has 0 aliphatic carbocycles. The van der Waals surface area contributed by atoms with E-state index < -0.39 is 0 Å². The van der Waals surface area contributed by atoms with Gasteiger partial charge in [-0.05, 0) is 19.2 Å². The number of ether oxygens (including phenoxy) is 2. The van der Waals surface area contributed by atoms with Crippen LogP contribution < -0.4 is 9.64 Å². The van der Waals surface area contributed by atoms with E-state index in [9.17, 15) is 0 Å². The SMILES string of the molecule is COc1cccc(N2CCN(C)CC(OC)C2)c1. The first-order chi connectivity index (χ1) is 8.72. The number of likely N-dealkylation sites (N-methyl/N-ethyl adjacent to an activating group) is 1. The van der Waals surface area contributed by atoms with Gasteiger partial charge in [0.05, 0.1) is 13.2 Å². The van der Waals surface area contributed by atoms with E-state index in [1.807, 2.05) is 12.1 Å². The lowest BCUT2D eigenvalue weighted by Gasteiger charge is -2.25. The van der Waals surface area contributed by atoms with Crippen molar-refractivity contribution in [2.45, 2.75) is 6.10 Å². The molecule has 1 unspecified atom stereocenters. The average molecular weight is 250 g/mol. The van der Waals surface area contributed by atoms with Gasteiger partial charge in [0.25, 0.3) is 0 Å². The Labute approximate surface area is 109 Å². The zero-order chi connectivity index (χ0) is 13.0. The third-order valence-electron chi connectivity index (χ3n) is 3.44. The summed E-state index contributed by atoms with van der Waals surface area (Å²) in [5, 5.41) is 0. The first-order valence-electron chi connectivity index (χ1n) is 6.33. The van der Waals surface area contributed by atoms with Crippen LogP contribution >= 0.6 is 0 Å². The molecule has 0 amide bonds. The minimum Gasteiger partial charge on any atom is -0.497 e. The van der Waals surface area contributed by atoms with Gasteiger partial charge in [-0.2, -0.15) is 0 Å². The Morgan fingerprint density at radius 3 is 2.72 bits per heavy atom. The maximum absolute atomic E-state index is 5.54. The van der Waals surface area contributed by atoms with Gasteiger partial charge in [0.15, 0.2) is 0 Å². The number of anilines is 1. The quantitative estimate of drug-likeness (QED) is 0.811. The highest BCUT2D eigenvalue weighted by atomic mass is 16.5. The molecule has 4 heteroatoms. The maximum Gasteiger partial charge on any atom is 0.120 e.